The summed E-state index contributed by atoms with van der Waals surface area (Å²) >= 11 is 6.06. The maximum Gasteiger partial charge on any atom is 0.227 e. The van der Waals surface area contributed by atoms with E-state index in [0.29, 0.717) is 16.5 Å². The van der Waals surface area contributed by atoms with Gasteiger partial charge in [-0.25, -0.2) is 0 Å². The minimum atomic E-state index is 0.0926. The highest BCUT2D eigenvalue weighted by atomic mass is 35.5. The van der Waals surface area contributed by atoms with Crippen molar-refractivity contribution in [2.24, 2.45) is 17.6 Å². The Morgan fingerprint density at radius 1 is 1.50 bits per heavy atom. The van der Waals surface area contributed by atoms with Gasteiger partial charge in [0.2, 0.25) is 5.91 Å². The summed E-state index contributed by atoms with van der Waals surface area (Å²) in [6, 6.07) is 5.34. The van der Waals surface area contributed by atoms with Crippen molar-refractivity contribution >= 4 is 23.2 Å². The van der Waals surface area contributed by atoms with Crippen LogP contribution in [0.1, 0.15) is 31.7 Å². The molecule has 0 heterocycles. The average molecular weight is 291 g/mol. The first kappa shape index (κ1) is 14.9. The number of anilines is 1. The van der Waals surface area contributed by atoms with Gasteiger partial charge in [0.15, 0.2) is 0 Å². The Morgan fingerprint density at radius 2 is 2.30 bits per heavy atom. The Kier molecular flexibility index (Phi) is 5.05. The van der Waals surface area contributed by atoms with E-state index < -0.39 is 0 Å². The van der Waals surface area contributed by atoms with Crippen molar-refractivity contribution in [3.8, 4) is 11.8 Å². The zero-order valence-corrected chi connectivity index (χ0v) is 12.3. The van der Waals surface area contributed by atoms with E-state index in [2.05, 4.69) is 24.1 Å². The molecule has 1 aromatic carbocycles. The van der Waals surface area contributed by atoms with E-state index in [0.717, 1.165) is 24.9 Å². The fraction of sp³-hybridized carbons (Fsp3) is 0.438. The van der Waals surface area contributed by atoms with E-state index in [9.17, 15) is 4.79 Å². The lowest BCUT2D eigenvalue weighted by Gasteiger charge is -2.15. The summed E-state index contributed by atoms with van der Waals surface area (Å²) in [5.41, 5.74) is 6.78. The molecule has 3 N–H and O–H groups in total. The molecule has 106 valence electrons. The van der Waals surface area contributed by atoms with Gasteiger partial charge in [0.05, 0.1) is 11.6 Å². The third kappa shape index (κ3) is 3.53. The molecule has 2 atom stereocenters. The van der Waals surface area contributed by atoms with Crippen LogP contribution in [0.5, 0.6) is 0 Å². The Morgan fingerprint density at radius 3 is 2.95 bits per heavy atom. The van der Waals surface area contributed by atoms with E-state index >= 15 is 0 Å². The van der Waals surface area contributed by atoms with Gasteiger partial charge < -0.3 is 11.1 Å². The van der Waals surface area contributed by atoms with Gasteiger partial charge in [-0.15, -0.1) is 0 Å². The number of amides is 1. The molecule has 1 aliphatic rings. The summed E-state index contributed by atoms with van der Waals surface area (Å²) in [5, 5.41) is 3.53. The average Bonchev–Trinajstić information content (AvgIpc) is 2.85. The van der Waals surface area contributed by atoms with Crippen molar-refractivity contribution in [3.63, 3.8) is 0 Å². The van der Waals surface area contributed by atoms with Crippen LogP contribution in [0.2, 0.25) is 5.02 Å². The number of carbonyl (C=O) groups is 1. The van der Waals surface area contributed by atoms with Crippen molar-refractivity contribution in [2.75, 3.05) is 11.9 Å². The molecule has 1 aromatic rings. The SMILES string of the molecule is CC1CCCC1C(=O)Nc1ccc(Cl)c(C#CCN)c1. The van der Waals surface area contributed by atoms with E-state index in [1.54, 1.807) is 18.2 Å². The highest BCUT2D eigenvalue weighted by Crippen LogP contribution is 2.32. The topological polar surface area (TPSA) is 55.1 Å². The van der Waals surface area contributed by atoms with Gasteiger partial charge in [-0.05, 0) is 37.0 Å². The molecule has 1 amide bonds. The minimum absolute atomic E-state index is 0.0926. The molecule has 2 unspecified atom stereocenters. The summed E-state index contributed by atoms with van der Waals surface area (Å²) in [6.45, 7) is 2.42. The van der Waals surface area contributed by atoms with Gasteiger partial charge in [-0.2, -0.15) is 0 Å². The molecule has 1 saturated carbocycles. The molecule has 0 aromatic heterocycles. The Balaban J connectivity index is 2.11. The first-order valence-corrected chi connectivity index (χ1v) is 7.29. The van der Waals surface area contributed by atoms with Crippen LogP contribution < -0.4 is 11.1 Å². The van der Waals surface area contributed by atoms with Crippen LogP contribution in [0.3, 0.4) is 0 Å². The molecule has 1 fully saturated rings. The monoisotopic (exact) mass is 290 g/mol. The van der Waals surface area contributed by atoms with E-state index in [4.69, 9.17) is 17.3 Å². The quantitative estimate of drug-likeness (QED) is 0.823. The molecule has 1 aliphatic carbocycles. The lowest BCUT2D eigenvalue weighted by atomic mass is 9.97. The molecule has 0 saturated heterocycles. The lowest BCUT2D eigenvalue weighted by molar-refractivity contribution is -0.120. The van der Waals surface area contributed by atoms with Crippen LogP contribution in [0.15, 0.2) is 18.2 Å². The van der Waals surface area contributed by atoms with E-state index in [-0.39, 0.29) is 18.4 Å². The smallest absolute Gasteiger partial charge is 0.227 e. The first-order valence-electron chi connectivity index (χ1n) is 6.91. The molecule has 4 heteroatoms. The Bertz CT molecular complexity index is 559. The van der Waals surface area contributed by atoms with Crippen LogP contribution in [0.4, 0.5) is 5.69 Å². The number of benzene rings is 1. The first-order chi connectivity index (χ1) is 9.61. The van der Waals surface area contributed by atoms with Gasteiger partial charge in [0.25, 0.3) is 0 Å². The number of hydrogen-bond donors (Lipinski definition) is 2. The zero-order valence-electron chi connectivity index (χ0n) is 11.6. The van der Waals surface area contributed by atoms with Crippen LogP contribution >= 0.6 is 11.6 Å². The maximum atomic E-state index is 12.2. The van der Waals surface area contributed by atoms with Crippen LogP contribution in [0, 0.1) is 23.7 Å². The molecule has 0 spiro atoms. The van der Waals surface area contributed by atoms with Crippen molar-refractivity contribution in [1.82, 2.24) is 0 Å². The zero-order chi connectivity index (χ0) is 14.5. The van der Waals surface area contributed by atoms with Gasteiger partial charge in [0.1, 0.15) is 0 Å². The molecule has 20 heavy (non-hydrogen) atoms. The standard InChI is InChI=1S/C16H19ClN2O/c1-11-4-2-6-14(11)16(20)19-13-7-8-15(17)12(10-13)5-3-9-18/h7-8,10-11,14H,2,4,6,9,18H2,1H3,(H,19,20). The predicted octanol–water partition coefficient (Wildman–Crippen LogP) is 3.02. The molecule has 3 nitrogen and oxygen atoms in total. The Labute approximate surface area is 124 Å². The second kappa shape index (κ2) is 6.78. The highest BCUT2D eigenvalue weighted by molar-refractivity contribution is 6.31. The summed E-state index contributed by atoms with van der Waals surface area (Å²) in [6.07, 6.45) is 3.24. The third-order valence-electron chi connectivity index (χ3n) is 3.76. The van der Waals surface area contributed by atoms with Crippen LogP contribution in [0.25, 0.3) is 0 Å². The number of carbonyl (C=O) groups excluding carboxylic acids is 1. The van der Waals surface area contributed by atoms with Crippen LogP contribution in [-0.4, -0.2) is 12.5 Å². The normalized spacial score (nSPS) is 21.1. The molecule has 0 aliphatic heterocycles. The maximum absolute atomic E-state index is 12.2. The number of nitrogens with two attached hydrogens (primary N) is 1. The van der Waals surface area contributed by atoms with Gasteiger partial charge >= 0.3 is 0 Å². The molecule has 0 radical (unpaired) electrons. The highest BCUT2D eigenvalue weighted by Gasteiger charge is 2.29. The molecular weight excluding hydrogens is 272 g/mol. The van der Waals surface area contributed by atoms with Gasteiger partial charge in [-0.3, -0.25) is 4.79 Å². The largest absolute Gasteiger partial charge is 0.326 e. The van der Waals surface area contributed by atoms with Crippen LogP contribution in [-0.2, 0) is 4.79 Å². The summed E-state index contributed by atoms with van der Waals surface area (Å²) in [4.78, 5) is 12.2. The van der Waals surface area contributed by atoms with Crippen molar-refractivity contribution in [2.45, 2.75) is 26.2 Å². The van der Waals surface area contributed by atoms with Crippen molar-refractivity contribution in [1.29, 1.82) is 0 Å². The molecule has 2 rings (SSSR count). The minimum Gasteiger partial charge on any atom is -0.326 e. The van der Waals surface area contributed by atoms with Crippen molar-refractivity contribution in [3.05, 3.63) is 28.8 Å². The third-order valence-corrected chi connectivity index (χ3v) is 4.09. The number of halogens is 1. The van der Waals surface area contributed by atoms with Gasteiger partial charge in [-0.1, -0.05) is 36.8 Å². The molecule has 0 bridgehead atoms. The number of hydrogen-bond acceptors (Lipinski definition) is 2. The second-order valence-corrected chi connectivity index (χ2v) is 5.61. The van der Waals surface area contributed by atoms with Gasteiger partial charge in [0, 0.05) is 17.2 Å². The fourth-order valence-electron chi connectivity index (χ4n) is 2.61. The summed E-state index contributed by atoms with van der Waals surface area (Å²) in [7, 11) is 0. The molecular formula is C16H19ClN2O. The summed E-state index contributed by atoms with van der Waals surface area (Å²) in [5.74, 6) is 6.34. The second-order valence-electron chi connectivity index (χ2n) is 5.20. The van der Waals surface area contributed by atoms with Crippen molar-refractivity contribution < 1.29 is 4.79 Å². The lowest BCUT2D eigenvalue weighted by Crippen LogP contribution is -2.24. The number of nitrogens with one attached hydrogen (secondary N) is 1. The summed E-state index contributed by atoms with van der Waals surface area (Å²) < 4.78 is 0. The Hall–Kier alpha value is -1.50. The van der Waals surface area contributed by atoms with E-state index in [1.165, 1.54) is 0 Å². The van der Waals surface area contributed by atoms with E-state index in [1.807, 2.05) is 0 Å². The predicted molar refractivity (Wildman–Crippen MR) is 82.5 cm³/mol. The number of rotatable bonds is 2. The fourth-order valence-corrected chi connectivity index (χ4v) is 2.78.